The molecule has 122 valence electrons. The van der Waals surface area contributed by atoms with E-state index in [1.54, 1.807) is 0 Å². The molecule has 1 saturated heterocycles. The number of nitrogens with two attached hydrogens (primary N) is 1. The number of hydrogen-bond acceptors (Lipinski definition) is 5. The molecule has 2 aliphatic rings. The summed E-state index contributed by atoms with van der Waals surface area (Å²) in [6.45, 7) is 1.94. The summed E-state index contributed by atoms with van der Waals surface area (Å²) in [5.74, 6) is 2.79. The van der Waals surface area contributed by atoms with Crippen LogP contribution in [0.2, 0.25) is 0 Å². The molecule has 1 unspecified atom stereocenters. The summed E-state index contributed by atoms with van der Waals surface area (Å²) in [6.07, 6.45) is 6.00. The van der Waals surface area contributed by atoms with Gasteiger partial charge in [-0.25, -0.2) is 0 Å². The molecule has 2 aromatic rings. The van der Waals surface area contributed by atoms with Crippen molar-refractivity contribution in [3.05, 3.63) is 18.0 Å². The molecule has 4 rings (SSSR count). The molecule has 2 fully saturated rings. The van der Waals surface area contributed by atoms with Gasteiger partial charge in [0.05, 0.1) is 0 Å². The number of carbonyl (C=O) groups excluding carboxylic acids is 1. The smallest absolute Gasteiger partial charge is 0.217 e. The Morgan fingerprint density at radius 2 is 2.13 bits per heavy atom. The highest BCUT2D eigenvalue weighted by atomic mass is 16.1. The fourth-order valence-electron chi connectivity index (χ4n) is 3.42. The lowest BCUT2D eigenvalue weighted by Gasteiger charge is -2.33. The molecule has 1 saturated carbocycles. The van der Waals surface area contributed by atoms with Crippen LogP contribution >= 0.6 is 0 Å². The van der Waals surface area contributed by atoms with Crippen LogP contribution < -0.4 is 10.6 Å². The second kappa shape index (κ2) is 5.79. The number of primary amides is 1. The van der Waals surface area contributed by atoms with E-state index >= 15 is 0 Å². The third-order valence-corrected chi connectivity index (χ3v) is 4.86. The molecule has 2 N–H and O–H groups in total. The standard InChI is InChI=1S/C16H22N6O/c17-13(23)6-3-11-2-1-9-21(10-11)15-8-7-14-18-19-16(12-4-5-12)22(14)20-15/h7-8,11-12H,1-6,9-10H2,(H2,17,23). The fourth-order valence-corrected chi connectivity index (χ4v) is 3.42. The Labute approximate surface area is 134 Å². The number of aromatic nitrogens is 4. The van der Waals surface area contributed by atoms with E-state index < -0.39 is 0 Å². The first-order valence-corrected chi connectivity index (χ1v) is 8.46. The molecular weight excluding hydrogens is 292 g/mol. The molecule has 1 atom stereocenters. The Bertz CT molecular complexity index is 722. The Hall–Kier alpha value is -2.18. The highest BCUT2D eigenvalue weighted by Crippen LogP contribution is 2.38. The first kappa shape index (κ1) is 14.4. The van der Waals surface area contributed by atoms with E-state index in [0.29, 0.717) is 18.3 Å². The molecule has 0 aromatic carbocycles. The SMILES string of the molecule is NC(=O)CCC1CCCN(c2ccc3nnc(C4CC4)n3n2)C1. The molecule has 1 aliphatic carbocycles. The van der Waals surface area contributed by atoms with E-state index in [0.717, 1.165) is 49.6 Å². The van der Waals surface area contributed by atoms with Crippen LogP contribution in [0, 0.1) is 5.92 Å². The van der Waals surface area contributed by atoms with Crippen LogP contribution in [0.5, 0.6) is 0 Å². The second-order valence-electron chi connectivity index (χ2n) is 6.75. The van der Waals surface area contributed by atoms with Crippen molar-refractivity contribution in [2.24, 2.45) is 11.7 Å². The van der Waals surface area contributed by atoms with Gasteiger partial charge in [-0.15, -0.1) is 15.3 Å². The number of amides is 1. The van der Waals surface area contributed by atoms with E-state index in [1.165, 1.54) is 12.8 Å². The van der Waals surface area contributed by atoms with Crippen LogP contribution in [0.4, 0.5) is 5.82 Å². The van der Waals surface area contributed by atoms with Crippen LogP contribution in [0.3, 0.4) is 0 Å². The average Bonchev–Trinajstić information content (AvgIpc) is 3.32. The zero-order valence-corrected chi connectivity index (χ0v) is 13.2. The Morgan fingerprint density at radius 3 is 2.91 bits per heavy atom. The van der Waals surface area contributed by atoms with Gasteiger partial charge in [-0.2, -0.15) is 4.52 Å². The Morgan fingerprint density at radius 1 is 1.26 bits per heavy atom. The van der Waals surface area contributed by atoms with Crippen LogP contribution in [0.15, 0.2) is 12.1 Å². The van der Waals surface area contributed by atoms with Crippen LogP contribution in [0.25, 0.3) is 5.65 Å². The minimum atomic E-state index is -0.208. The van der Waals surface area contributed by atoms with E-state index in [4.69, 9.17) is 10.8 Å². The third-order valence-electron chi connectivity index (χ3n) is 4.86. The van der Waals surface area contributed by atoms with Crippen molar-refractivity contribution in [1.29, 1.82) is 0 Å². The van der Waals surface area contributed by atoms with Gasteiger partial charge in [-0.1, -0.05) is 0 Å². The minimum Gasteiger partial charge on any atom is -0.370 e. The lowest BCUT2D eigenvalue weighted by molar-refractivity contribution is -0.118. The lowest BCUT2D eigenvalue weighted by Crippen LogP contribution is -2.36. The van der Waals surface area contributed by atoms with Crippen LogP contribution in [-0.2, 0) is 4.79 Å². The summed E-state index contributed by atoms with van der Waals surface area (Å²) in [5, 5.41) is 13.3. The van der Waals surface area contributed by atoms with Gasteiger partial charge < -0.3 is 10.6 Å². The van der Waals surface area contributed by atoms with Gasteiger partial charge in [0, 0.05) is 25.4 Å². The minimum absolute atomic E-state index is 0.208. The van der Waals surface area contributed by atoms with Crippen molar-refractivity contribution in [2.75, 3.05) is 18.0 Å². The third kappa shape index (κ3) is 3.00. The molecule has 0 spiro atoms. The van der Waals surface area contributed by atoms with Crippen molar-refractivity contribution in [1.82, 2.24) is 19.8 Å². The Balaban J connectivity index is 1.53. The molecule has 7 heteroatoms. The summed E-state index contributed by atoms with van der Waals surface area (Å²) in [7, 11) is 0. The van der Waals surface area contributed by atoms with Crippen molar-refractivity contribution in [3.63, 3.8) is 0 Å². The molecule has 0 bridgehead atoms. The first-order valence-electron chi connectivity index (χ1n) is 8.46. The number of hydrogen-bond donors (Lipinski definition) is 1. The Kier molecular flexibility index (Phi) is 3.63. The van der Waals surface area contributed by atoms with Gasteiger partial charge in [-0.05, 0) is 50.2 Å². The number of rotatable bonds is 5. The maximum Gasteiger partial charge on any atom is 0.217 e. The second-order valence-corrected chi connectivity index (χ2v) is 6.75. The van der Waals surface area contributed by atoms with Crippen LogP contribution in [0.1, 0.15) is 50.3 Å². The summed E-state index contributed by atoms with van der Waals surface area (Å²) < 4.78 is 1.90. The predicted octanol–water partition coefficient (Wildman–Crippen LogP) is 1.48. The van der Waals surface area contributed by atoms with Gasteiger partial charge in [0.1, 0.15) is 5.82 Å². The van der Waals surface area contributed by atoms with Gasteiger partial charge >= 0.3 is 0 Å². The molecule has 0 radical (unpaired) electrons. The number of carbonyl (C=O) groups is 1. The van der Waals surface area contributed by atoms with Crippen molar-refractivity contribution in [2.45, 2.75) is 44.4 Å². The molecular formula is C16H22N6O. The highest BCUT2D eigenvalue weighted by molar-refractivity contribution is 5.73. The summed E-state index contributed by atoms with van der Waals surface area (Å²) in [6, 6.07) is 4.02. The number of fused-ring (bicyclic) bond motifs is 1. The van der Waals surface area contributed by atoms with Crippen LogP contribution in [-0.4, -0.2) is 38.8 Å². The quantitative estimate of drug-likeness (QED) is 0.903. The zero-order chi connectivity index (χ0) is 15.8. The molecule has 1 amide bonds. The van der Waals surface area contributed by atoms with Gasteiger partial charge in [0.25, 0.3) is 0 Å². The van der Waals surface area contributed by atoms with E-state index in [-0.39, 0.29) is 5.91 Å². The summed E-state index contributed by atoms with van der Waals surface area (Å²) in [5.41, 5.74) is 6.09. The molecule has 2 aromatic heterocycles. The van der Waals surface area contributed by atoms with E-state index in [2.05, 4.69) is 15.1 Å². The van der Waals surface area contributed by atoms with Crippen molar-refractivity contribution >= 4 is 17.4 Å². The van der Waals surface area contributed by atoms with Crippen molar-refractivity contribution in [3.8, 4) is 0 Å². The van der Waals surface area contributed by atoms with E-state index in [1.807, 2.05) is 16.6 Å². The topological polar surface area (TPSA) is 89.4 Å². The zero-order valence-electron chi connectivity index (χ0n) is 13.2. The predicted molar refractivity (Wildman–Crippen MR) is 86.1 cm³/mol. The maximum atomic E-state index is 11.0. The normalized spacial score (nSPS) is 21.7. The maximum absolute atomic E-state index is 11.0. The summed E-state index contributed by atoms with van der Waals surface area (Å²) in [4.78, 5) is 13.3. The fraction of sp³-hybridized carbons (Fsp3) is 0.625. The largest absolute Gasteiger partial charge is 0.370 e. The van der Waals surface area contributed by atoms with E-state index in [9.17, 15) is 4.79 Å². The van der Waals surface area contributed by atoms with Gasteiger partial charge in [-0.3, -0.25) is 4.79 Å². The van der Waals surface area contributed by atoms with Gasteiger partial charge in [0.2, 0.25) is 5.91 Å². The monoisotopic (exact) mass is 314 g/mol. The van der Waals surface area contributed by atoms with Gasteiger partial charge in [0.15, 0.2) is 11.5 Å². The number of nitrogens with zero attached hydrogens (tertiary/aromatic N) is 5. The lowest BCUT2D eigenvalue weighted by atomic mass is 9.93. The molecule has 1 aliphatic heterocycles. The highest BCUT2D eigenvalue weighted by Gasteiger charge is 2.29. The average molecular weight is 314 g/mol. The molecule has 23 heavy (non-hydrogen) atoms. The first-order chi connectivity index (χ1) is 11.2. The molecule has 3 heterocycles. The number of piperidine rings is 1. The number of anilines is 1. The van der Waals surface area contributed by atoms with Crippen molar-refractivity contribution < 1.29 is 4.79 Å². The summed E-state index contributed by atoms with van der Waals surface area (Å²) >= 11 is 0. The molecule has 7 nitrogen and oxygen atoms in total.